The number of hydrogen-bond acceptors (Lipinski definition) is 5. The third-order valence-corrected chi connectivity index (χ3v) is 4.58. The van der Waals surface area contributed by atoms with Crippen LogP contribution in [0.3, 0.4) is 0 Å². The predicted molar refractivity (Wildman–Crippen MR) is 101 cm³/mol. The molecule has 2 aromatic rings. The average Bonchev–Trinajstić information content (AvgIpc) is 2.62. The van der Waals surface area contributed by atoms with Gasteiger partial charge in [0.1, 0.15) is 10.6 Å². The summed E-state index contributed by atoms with van der Waals surface area (Å²) in [5.74, 6) is 0.116. The zero-order valence-electron chi connectivity index (χ0n) is 14.8. The number of unbranched alkanes of at least 4 members (excludes halogenated alkanes) is 1. The molecule has 0 bridgehead atoms. The van der Waals surface area contributed by atoms with E-state index in [1.54, 1.807) is 30.3 Å². The molecular weight excluding hydrogens is 354 g/mol. The second-order valence-corrected chi connectivity index (χ2v) is 7.20. The van der Waals surface area contributed by atoms with E-state index in [-0.39, 0.29) is 16.2 Å². The highest BCUT2D eigenvalue weighted by molar-refractivity contribution is 7.89. The lowest BCUT2D eigenvalue weighted by molar-refractivity contribution is 0.0963. The summed E-state index contributed by atoms with van der Waals surface area (Å²) < 4.78 is 30.1. The summed E-state index contributed by atoms with van der Waals surface area (Å²) in [6, 6.07) is 11.6. The Morgan fingerprint density at radius 1 is 1.19 bits per heavy atom. The van der Waals surface area contributed by atoms with Crippen molar-refractivity contribution in [2.24, 2.45) is 5.14 Å². The summed E-state index contributed by atoms with van der Waals surface area (Å²) in [4.78, 5) is 11.8. The number of nitrogens with one attached hydrogen (secondary N) is 2. The molecule has 0 heterocycles. The summed E-state index contributed by atoms with van der Waals surface area (Å²) in [7, 11) is -2.65. The number of anilines is 1. The minimum atomic E-state index is -4.12. The van der Waals surface area contributed by atoms with E-state index < -0.39 is 15.9 Å². The van der Waals surface area contributed by atoms with Crippen molar-refractivity contribution in [2.45, 2.75) is 24.7 Å². The number of ether oxygens (including phenoxy) is 1. The van der Waals surface area contributed by atoms with Gasteiger partial charge in [-0.25, -0.2) is 13.6 Å². The standard InChI is InChI=1S/C18H23N3O4S/c1-3-4-10-21-15-11-13(18(22)20-2)12-16(26(19,23)24)17(15)25-14-8-6-5-7-9-14/h5-9,11-12,21H,3-4,10H2,1-2H3,(H,20,22)(H2,19,23,24). The molecule has 140 valence electrons. The predicted octanol–water partition coefficient (Wildman–Crippen LogP) is 2.70. The van der Waals surface area contributed by atoms with Crippen LogP contribution in [0.15, 0.2) is 47.4 Å². The Labute approximate surface area is 153 Å². The second kappa shape index (κ2) is 8.68. The van der Waals surface area contributed by atoms with Gasteiger partial charge in [0, 0.05) is 19.2 Å². The van der Waals surface area contributed by atoms with Gasteiger partial charge in [-0.05, 0) is 30.7 Å². The topological polar surface area (TPSA) is 111 Å². The Morgan fingerprint density at radius 2 is 1.88 bits per heavy atom. The maximum absolute atomic E-state index is 12.1. The normalized spacial score (nSPS) is 11.0. The largest absolute Gasteiger partial charge is 0.454 e. The maximum atomic E-state index is 12.1. The van der Waals surface area contributed by atoms with E-state index in [1.807, 2.05) is 13.0 Å². The Hall–Kier alpha value is -2.58. The third-order valence-electron chi connectivity index (χ3n) is 3.66. The van der Waals surface area contributed by atoms with Crippen LogP contribution in [0.5, 0.6) is 11.5 Å². The fourth-order valence-electron chi connectivity index (χ4n) is 2.33. The fourth-order valence-corrected chi connectivity index (χ4v) is 3.03. The molecule has 2 rings (SSSR count). The number of rotatable bonds is 8. The van der Waals surface area contributed by atoms with Gasteiger partial charge in [-0.2, -0.15) is 0 Å². The lowest BCUT2D eigenvalue weighted by Crippen LogP contribution is -2.21. The van der Waals surface area contributed by atoms with Crippen LogP contribution in [0.2, 0.25) is 0 Å². The molecule has 7 nitrogen and oxygen atoms in total. The summed E-state index contributed by atoms with van der Waals surface area (Å²) in [5, 5.41) is 11.0. The first-order valence-corrected chi connectivity index (χ1v) is 9.81. The SMILES string of the molecule is CCCCNc1cc(C(=O)NC)cc(S(N)(=O)=O)c1Oc1ccccc1. The highest BCUT2D eigenvalue weighted by atomic mass is 32.2. The molecule has 0 saturated heterocycles. The Morgan fingerprint density at radius 3 is 2.46 bits per heavy atom. The van der Waals surface area contributed by atoms with E-state index in [9.17, 15) is 13.2 Å². The molecule has 1 amide bonds. The number of carbonyl (C=O) groups excluding carboxylic acids is 1. The summed E-state index contributed by atoms with van der Waals surface area (Å²) >= 11 is 0. The number of hydrogen-bond donors (Lipinski definition) is 3. The first-order chi connectivity index (χ1) is 12.4. The van der Waals surface area contributed by atoms with Crippen molar-refractivity contribution >= 4 is 21.6 Å². The van der Waals surface area contributed by atoms with Crippen molar-refractivity contribution in [3.8, 4) is 11.5 Å². The van der Waals surface area contributed by atoms with Crippen LogP contribution in [0, 0.1) is 0 Å². The minimum absolute atomic E-state index is 0.0717. The van der Waals surface area contributed by atoms with Gasteiger partial charge in [0.05, 0.1) is 5.69 Å². The monoisotopic (exact) mass is 377 g/mol. The van der Waals surface area contributed by atoms with Crippen LogP contribution in [0.25, 0.3) is 0 Å². The summed E-state index contributed by atoms with van der Waals surface area (Å²) in [5.41, 5.74) is 0.573. The van der Waals surface area contributed by atoms with Gasteiger partial charge >= 0.3 is 0 Å². The van der Waals surface area contributed by atoms with E-state index in [2.05, 4.69) is 10.6 Å². The molecule has 2 aromatic carbocycles. The van der Waals surface area contributed by atoms with Crippen LogP contribution >= 0.6 is 0 Å². The molecule has 26 heavy (non-hydrogen) atoms. The van der Waals surface area contributed by atoms with E-state index in [0.717, 1.165) is 12.8 Å². The van der Waals surface area contributed by atoms with Crippen LogP contribution in [0.4, 0.5) is 5.69 Å². The number of para-hydroxylation sites is 1. The Bertz CT molecular complexity index is 868. The maximum Gasteiger partial charge on any atom is 0.251 e. The quantitative estimate of drug-likeness (QED) is 0.613. The number of primary sulfonamides is 1. The van der Waals surface area contributed by atoms with Crippen molar-refractivity contribution in [3.63, 3.8) is 0 Å². The lowest BCUT2D eigenvalue weighted by atomic mass is 10.1. The lowest BCUT2D eigenvalue weighted by Gasteiger charge is -2.17. The van der Waals surface area contributed by atoms with Gasteiger partial charge in [-0.3, -0.25) is 4.79 Å². The van der Waals surface area contributed by atoms with Gasteiger partial charge in [0.2, 0.25) is 10.0 Å². The van der Waals surface area contributed by atoms with Crippen molar-refractivity contribution in [2.75, 3.05) is 18.9 Å². The van der Waals surface area contributed by atoms with Crippen molar-refractivity contribution < 1.29 is 17.9 Å². The average molecular weight is 377 g/mol. The van der Waals surface area contributed by atoms with Gasteiger partial charge in [-0.1, -0.05) is 31.5 Å². The molecule has 4 N–H and O–H groups in total. The number of amides is 1. The van der Waals surface area contributed by atoms with Gasteiger partial charge < -0.3 is 15.4 Å². The molecule has 0 aliphatic rings. The van der Waals surface area contributed by atoms with Gasteiger partial charge in [0.15, 0.2) is 5.75 Å². The molecule has 0 fully saturated rings. The zero-order valence-corrected chi connectivity index (χ0v) is 15.6. The van der Waals surface area contributed by atoms with E-state index >= 15 is 0 Å². The molecule has 0 aliphatic carbocycles. The summed E-state index contributed by atoms with van der Waals surface area (Å²) in [6.45, 7) is 2.64. The third kappa shape index (κ3) is 4.96. The molecular formula is C18H23N3O4S. The number of benzene rings is 2. The van der Waals surface area contributed by atoms with Crippen LogP contribution in [-0.4, -0.2) is 27.9 Å². The highest BCUT2D eigenvalue weighted by Crippen LogP contribution is 2.37. The first-order valence-electron chi connectivity index (χ1n) is 8.26. The van der Waals surface area contributed by atoms with Crippen LogP contribution < -0.4 is 20.5 Å². The van der Waals surface area contributed by atoms with Crippen molar-refractivity contribution in [3.05, 3.63) is 48.0 Å². The van der Waals surface area contributed by atoms with E-state index in [0.29, 0.717) is 18.0 Å². The molecule has 0 spiro atoms. The molecule has 0 radical (unpaired) electrons. The molecule has 0 unspecified atom stereocenters. The van der Waals surface area contributed by atoms with Crippen molar-refractivity contribution in [1.29, 1.82) is 0 Å². The summed E-state index contributed by atoms with van der Waals surface area (Å²) in [6.07, 6.45) is 1.83. The van der Waals surface area contributed by atoms with Gasteiger partial charge in [-0.15, -0.1) is 0 Å². The van der Waals surface area contributed by atoms with Gasteiger partial charge in [0.25, 0.3) is 5.91 Å². The minimum Gasteiger partial charge on any atom is -0.454 e. The highest BCUT2D eigenvalue weighted by Gasteiger charge is 2.23. The second-order valence-electron chi connectivity index (χ2n) is 5.67. The molecule has 8 heteroatoms. The molecule has 0 aromatic heterocycles. The van der Waals surface area contributed by atoms with Crippen molar-refractivity contribution in [1.82, 2.24) is 5.32 Å². The molecule has 0 atom stereocenters. The Kier molecular flexibility index (Phi) is 6.59. The number of carbonyl (C=O) groups is 1. The number of nitrogens with two attached hydrogens (primary N) is 1. The van der Waals surface area contributed by atoms with E-state index in [4.69, 9.17) is 9.88 Å². The smallest absolute Gasteiger partial charge is 0.251 e. The molecule has 0 aliphatic heterocycles. The van der Waals surface area contributed by atoms with Crippen LogP contribution in [0.1, 0.15) is 30.1 Å². The number of sulfonamides is 1. The Balaban J connectivity index is 2.60. The van der Waals surface area contributed by atoms with Crippen LogP contribution in [-0.2, 0) is 10.0 Å². The first kappa shape index (κ1) is 19.7. The van der Waals surface area contributed by atoms with E-state index in [1.165, 1.54) is 13.1 Å². The fraction of sp³-hybridized carbons (Fsp3) is 0.278. The zero-order chi connectivity index (χ0) is 19.2. The molecule has 0 saturated carbocycles.